The Labute approximate surface area is 237 Å². The van der Waals surface area contributed by atoms with Gasteiger partial charge in [0.1, 0.15) is 0 Å². The molecule has 0 bridgehead atoms. The quantitative estimate of drug-likeness (QED) is 0.270. The van der Waals surface area contributed by atoms with Gasteiger partial charge in [-0.15, -0.1) is 0 Å². The number of aliphatic hydroxyl groups excluding tert-OH is 1. The van der Waals surface area contributed by atoms with Crippen LogP contribution in [0.3, 0.4) is 0 Å². The highest BCUT2D eigenvalue weighted by atomic mass is 35.5. The van der Waals surface area contributed by atoms with Crippen molar-refractivity contribution in [1.82, 2.24) is 9.97 Å². The van der Waals surface area contributed by atoms with Crippen molar-refractivity contribution in [2.24, 2.45) is 0 Å². The van der Waals surface area contributed by atoms with Crippen molar-refractivity contribution in [1.29, 1.82) is 0 Å². The second-order valence-electron chi connectivity index (χ2n) is 9.19. The average Bonchev–Trinajstić information content (AvgIpc) is 2.93. The normalized spacial score (nSPS) is 15.2. The van der Waals surface area contributed by atoms with Crippen LogP contribution in [0, 0.1) is 0 Å². The Hall–Kier alpha value is -4.31. The van der Waals surface area contributed by atoms with Gasteiger partial charge in [0.15, 0.2) is 16.1 Å². The molecule has 2 amide bonds. The molecular weight excluding hydrogens is 548 g/mol. The van der Waals surface area contributed by atoms with E-state index in [0.717, 1.165) is 11.8 Å². The Kier molecular flexibility index (Phi) is 7.29. The Bertz CT molecular complexity index is 1800. The molecule has 8 nitrogen and oxygen atoms in total. The number of nitrogens with zero attached hydrogens (tertiary/aromatic N) is 3. The van der Waals surface area contributed by atoms with Gasteiger partial charge >= 0.3 is 6.03 Å². The molecule has 2 N–H and O–H groups in total. The fourth-order valence-electron chi connectivity index (χ4n) is 4.72. The van der Waals surface area contributed by atoms with E-state index < -0.39 is 22.1 Å². The lowest BCUT2D eigenvalue weighted by atomic mass is 9.93. The number of benzene rings is 2. The van der Waals surface area contributed by atoms with E-state index in [-0.39, 0.29) is 4.90 Å². The molecule has 0 spiro atoms. The number of halogens is 1. The van der Waals surface area contributed by atoms with E-state index in [1.807, 2.05) is 25.1 Å². The molecule has 1 unspecified atom stereocenters. The van der Waals surface area contributed by atoms with Gasteiger partial charge in [0, 0.05) is 57.7 Å². The fourth-order valence-corrected chi connectivity index (χ4v) is 5.59. The van der Waals surface area contributed by atoms with Gasteiger partial charge in [0.25, 0.3) is 0 Å². The number of amides is 2. The molecule has 0 radical (unpaired) electrons. The number of aromatic nitrogens is 2. The largest absolute Gasteiger partial charge is 0.369 e. The van der Waals surface area contributed by atoms with E-state index in [0.29, 0.717) is 49.8 Å². The second-order valence-corrected chi connectivity index (χ2v) is 11.6. The Balaban J connectivity index is 1.60. The van der Waals surface area contributed by atoms with Crippen molar-refractivity contribution in [3.8, 4) is 22.3 Å². The lowest BCUT2D eigenvalue weighted by Gasteiger charge is -2.35. The van der Waals surface area contributed by atoms with Crippen LogP contribution in [0.4, 0.5) is 16.2 Å². The summed E-state index contributed by atoms with van der Waals surface area (Å²) in [6, 6.07) is 11.6. The SMILES string of the molecule is C=Cc1cncc(N2C(=O)Nc3cc(-c4c(Cl)cccc4-c4cncc(S(C)(=O)=O)c4)ccc3C2O)c1/C=C\C. The maximum Gasteiger partial charge on any atom is 0.328 e. The van der Waals surface area contributed by atoms with E-state index in [1.165, 1.54) is 17.3 Å². The van der Waals surface area contributed by atoms with Crippen LogP contribution in [0.1, 0.15) is 29.8 Å². The van der Waals surface area contributed by atoms with Crippen LogP contribution >= 0.6 is 11.6 Å². The Morgan fingerprint density at radius 2 is 1.85 bits per heavy atom. The van der Waals surface area contributed by atoms with Crippen molar-refractivity contribution in [3.05, 3.63) is 102 Å². The van der Waals surface area contributed by atoms with Crippen LogP contribution in [0.2, 0.25) is 5.02 Å². The van der Waals surface area contributed by atoms with E-state index >= 15 is 0 Å². The molecule has 1 atom stereocenters. The van der Waals surface area contributed by atoms with Crippen molar-refractivity contribution in [3.63, 3.8) is 0 Å². The van der Waals surface area contributed by atoms with Crippen LogP contribution in [-0.4, -0.2) is 35.8 Å². The summed E-state index contributed by atoms with van der Waals surface area (Å²) >= 11 is 6.66. The number of rotatable bonds is 6. The number of sulfone groups is 1. The molecule has 40 heavy (non-hydrogen) atoms. The number of allylic oxidation sites excluding steroid dienone is 1. The van der Waals surface area contributed by atoms with Gasteiger partial charge in [-0.3, -0.25) is 14.9 Å². The molecule has 10 heteroatoms. The topological polar surface area (TPSA) is 112 Å². The summed E-state index contributed by atoms with van der Waals surface area (Å²) in [4.78, 5) is 23.0. The number of anilines is 2. The summed E-state index contributed by atoms with van der Waals surface area (Å²) in [5, 5.41) is 14.7. The minimum atomic E-state index is -3.47. The number of carbonyl (C=O) groups is 1. The highest BCUT2D eigenvalue weighted by molar-refractivity contribution is 7.90. The number of aliphatic hydroxyl groups is 1. The van der Waals surface area contributed by atoms with Gasteiger partial charge in [-0.25, -0.2) is 13.2 Å². The fraction of sp³-hybridized carbons (Fsp3) is 0.100. The third-order valence-electron chi connectivity index (χ3n) is 6.60. The van der Waals surface area contributed by atoms with Crippen molar-refractivity contribution in [2.75, 3.05) is 16.5 Å². The van der Waals surface area contributed by atoms with Gasteiger partial charge in [-0.2, -0.15) is 0 Å². The summed E-state index contributed by atoms with van der Waals surface area (Å²) in [5.41, 5.74) is 5.27. The monoisotopic (exact) mass is 572 g/mol. The van der Waals surface area contributed by atoms with Crippen molar-refractivity contribution in [2.45, 2.75) is 18.0 Å². The number of hydrogen-bond donors (Lipinski definition) is 2. The van der Waals surface area contributed by atoms with Gasteiger partial charge < -0.3 is 10.4 Å². The zero-order chi connectivity index (χ0) is 28.6. The molecule has 0 saturated carbocycles. The molecule has 0 aliphatic carbocycles. The molecule has 202 valence electrons. The molecular formula is C30H25ClN4O4S. The smallest absolute Gasteiger partial charge is 0.328 e. The minimum absolute atomic E-state index is 0.0872. The first-order valence-corrected chi connectivity index (χ1v) is 14.5. The van der Waals surface area contributed by atoms with Crippen molar-refractivity contribution < 1.29 is 18.3 Å². The molecule has 5 rings (SSSR count). The first-order valence-electron chi connectivity index (χ1n) is 12.2. The minimum Gasteiger partial charge on any atom is -0.369 e. The average molecular weight is 573 g/mol. The Morgan fingerprint density at radius 1 is 1.07 bits per heavy atom. The summed E-state index contributed by atoms with van der Waals surface area (Å²) in [6.45, 7) is 5.68. The number of fused-ring (bicyclic) bond motifs is 1. The van der Waals surface area contributed by atoms with Gasteiger partial charge in [-0.1, -0.05) is 60.7 Å². The highest BCUT2D eigenvalue weighted by Gasteiger charge is 2.34. The summed E-state index contributed by atoms with van der Waals surface area (Å²) in [5.74, 6) is 0. The summed E-state index contributed by atoms with van der Waals surface area (Å²) in [6.07, 6.45) is 11.2. The number of urea groups is 1. The highest BCUT2D eigenvalue weighted by Crippen LogP contribution is 2.43. The number of pyridine rings is 2. The van der Waals surface area contributed by atoms with E-state index in [4.69, 9.17) is 11.6 Å². The number of nitrogens with one attached hydrogen (secondary N) is 1. The van der Waals surface area contributed by atoms with Crippen LogP contribution < -0.4 is 10.2 Å². The second kappa shape index (κ2) is 10.7. The zero-order valence-electron chi connectivity index (χ0n) is 21.7. The molecule has 2 aromatic heterocycles. The lowest BCUT2D eigenvalue weighted by molar-refractivity contribution is 0.170. The third kappa shape index (κ3) is 4.90. The molecule has 3 heterocycles. The molecule has 0 fully saturated rings. The molecule has 1 aliphatic heterocycles. The van der Waals surface area contributed by atoms with Crippen LogP contribution in [0.15, 0.2) is 84.8 Å². The molecule has 0 saturated heterocycles. The predicted octanol–water partition coefficient (Wildman–Crippen LogP) is 6.59. The first-order chi connectivity index (χ1) is 19.1. The summed E-state index contributed by atoms with van der Waals surface area (Å²) < 4.78 is 24.3. The van der Waals surface area contributed by atoms with E-state index in [2.05, 4.69) is 21.9 Å². The van der Waals surface area contributed by atoms with Gasteiger partial charge in [0.2, 0.25) is 0 Å². The predicted molar refractivity (Wildman–Crippen MR) is 159 cm³/mol. The number of carbonyl (C=O) groups excluding carboxylic acids is 1. The maximum absolute atomic E-state index is 13.3. The van der Waals surface area contributed by atoms with Crippen LogP contribution in [0.5, 0.6) is 0 Å². The summed E-state index contributed by atoms with van der Waals surface area (Å²) in [7, 11) is -3.47. The third-order valence-corrected chi connectivity index (χ3v) is 8.00. The molecule has 1 aliphatic rings. The van der Waals surface area contributed by atoms with E-state index in [9.17, 15) is 18.3 Å². The van der Waals surface area contributed by atoms with E-state index in [1.54, 1.807) is 54.9 Å². The van der Waals surface area contributed by atoms with Crippen LogP contribution in [0.25, 0.3) is 34.4 Å². The standard InChI is InChI=1S/C30H25ClN4O4S/c1-4-7-22-18(5-2)14-33-17-27(22)35-29(36)24-11-10-19(13-26(24)34-30(35)37)28-23(8-6-9-25(28)31)20-12-21(16-32-15-20)40(3,38)39/h4-17,29,36H,2H2,1,3H3,(H,34,37)/b7-4-. The first kappa shape index (κ1) is 27.3. The van der Waals surface area contributed by atoms with Gasteiger partial charge in [-0.05, 0) is 36.2 Å². The lowest BCUT2D eigenvalue weighted by Crippen LogP contribution is -2.43. The van der Waals surface area contributed by atoms with Crippen molar-refractivity contribution >= 4 is 51.0 Å². The molecule has 4 aromatic rings. The maximum atomic E-state index is 13.3. The molecule has 2 aromatic carbocycles. The van der Waals surface area contributed by atoms with Gasteiger partial charge in [0.05, 0.1) is 22.5 Å². The van der Waals surface area contributed by atoms with Crippen LogP contribution in [-0.2, 0) is 9.84 Å². The zero-order valence-corrected chi connectivity index (χ0v) is 23.2. The Morgan fingerprint density at radius 3 is 2.58 bits per heavy atom. The number of hydrogen-bond acceptors (Lipinski definition) is 6.